The molecule has 1 aliphatic carbocycles. The molecule has 2 rings (SSSR count). The summed E-state index contributed by atoms with van der Waals surface area (Å²) in [7, 11) is 0. The molecule has 27 heavy (non-hydrogen) atoms. The molecule has 9 heteroatoms. The van der Waals surface area contributed by atoms with Crippen LogP contribution in [0.2, 0.25) is 0 Å². The normalized spacial score (nSPS) is 15.1. The van der Waals surface area contributed by atoms with Gasteiger partial charge in [0, 0.05) is 17.3 Å². The first-order chi connectivity index (χ1) is 12.5. The third-order valence-corrected chi connectivity index (χ3v) is 5.45. The molecule has 0 radical (unpaired) electrons. The molecule has 0 N–H and O–H groups in total. The minimum Gasteiger partial charge on any atom is -0.330 e. The van der Waals surface area contributed by atoms with Crippen LogP contribution in [0.15, 0.2) is 11.1 Å². The quantitative estimate of drug-likeness (QED) is 0.516. The average molecular weight is 399 g/mol. The number of pyridine rings is 1. The highest BCUT2D eigenvalue weighted by molar-refractivity contribution is 8.00. The number of aryl methyl sites for hydroxylation is 1. The first kappa shape index (κ1) is 21.2. The average Bonchev–Trinajstić information content (AvgIpc) is 3.40. The molecule has 1 saturated carbocycles. The van der Waals surface area contributed by atoms with Gasteiger partial charge in [-0.05, 0) is 45.6 Å². The van der Waals surface area contributed by atoms with E-state index >= 15 is 0 Å². The van der Waals surface area contributed by atoms with Gasteiger partial charge in [0.05, 0.1) is 11.3 Å². The summed E-state index contributed by atoms with van der Waals surface area (Å²) in [5, 5.41) is 9.49. The lowest BCUT2D eigenvalue weighted by Gasteiger charge is -2.30. The van der Waals surface area contributed by atoms with Crippen molar-refractivity contribution in [3.63, 3.8) is 0 Å². The van der Waals surface area contributed by atoms with E-state index in [0.29, 0.717) is 11.3 Å². The highest BCUT2D eigenvalue weighted by Crippen LogP contribution is 2.36. The van der Waals surface area contributed by atoms with E-state index < -0.39 is 24.7 Å². The number of Topliss-reactive ketones (excluding diaryl/α,β-unsaturated/α-hetero) is 1. The van der Waals surface area contributed by atoms with E-state index in [0.717, 1.165) is 29.5 Å². The Morgan fingerprint density at radius 3 is 2.56 bits per heavy atom. The molecule has 1 fully saturated rings. The number of amides is 1. The molecule has 1 atom stereocenters. The second kappa shape index (κ2) is 8.30. The molecule has 0 aliphatic heterocycles. The third kappa shape index (κ3) is 5.70. The van der Waals surface area contributed by atoms with Crippen molar-refractivity contribution in [3.8, 4) is 6.07 Å². The van der Waals surface area contributed by atoms with E-state index in [1.54, 1.807) is 13.8 Å². The molecular weight excluding hydrogens is 379 g/mol. The van der Waals surface area contributed by atoms with Gasteiger partial charge in [0.25, 0.3) is 0 Å². The van der Waals surface area contributed by atoms with Crippen LogP contribution >= 0.6 is 11.8 Å². The van der Waals surface area contributed by atoms with Crippen molar-refractivity contribution in [1.29, 1.82) is 5.26 Å². The van der Waals surface area contributed by atoms with Crippen molar-refractivity contribution in [2.75, 3.05) is 12.3 Å². The number of carbonyl (C=O) groups is 2. The van der Waals surface area contributed by atoms with Crippen molar-refractivity contribution in [3.05, 3.63) is 22.9 Å². The minimum atomic E-state index is -4.47. The fraction of sp³-hybridized carbons (Fsp3) is 0.556. The number of aromatic nitrogens is 1. The van der Waals surface area contributed by atoms with E-state index in [4.69, 9.17) is 0 Å². The van der Waals surface area contributed by atoms with Crippen molar-refractivity contribution in [1.82, 2.24) is 9.88 Å². The molecule has 146 valence electrons. The van der Waals surface area contributed by atoms with E-state index in [2.05, 4.69) is 4.98 Å². The van der Waals surface area contributed by atoms with E-state index in [-0.39, 0.29) is 28.0 Å². The van der Waals surface area contributed by atoms with Gasteiger partial charge in [0.2, 0.25) is 5.91 Å². The molecular formula is C18H20F3N3O2S. The van der Waals surface area contributed by atoms with Crippen LogP contribution in [0.25, 0.3) is 0 Å². The predicted molar refractivity (Wildman–Crippen MR) is 94.4 cm³/mol. The Morgan fingerprint density at radius 2 is 2.07 bits per heavy atom. The summed E-state index contributed by atoms with van der Waals surface area (Å²) in [4.78, 5) is 29.1. The SMILES string of the molecule is CC(=O)c1cc(C#N)c(SCC(=O)N(CC(F)(F)F)C(C)C2CC2)nc1C. The van der Waals surface area contributed by atoms with Crippen LogP contribution in [0.5, 0.6) is 0 Å². The zero-order valence-electron chi connectivity index (χ0n) is 15.3. The van der Waals surface area contributed by atoms with Gasteiger partial charge in [-0.15, -0.1) is 0 Å². The number of alkyl halides is 3. The Balaban J connectivity index is 2.15. The lowest BCUT2D eigenvalue weighted by Crippen LogP contribution is -2.46. The van der Waals surface area contributed by atoms with Crippen LogP contribution in [0, 0.1) is 24.2 Å². The smallest absolute Gasteiger partial charge is 0.330 e. The Labute approximate surface area is 159 Å². The maximum absolute atomic E-state index is 12.9. The Kier molecular flexibility index (Phi) is 6.52. The van der Waals surface area contributed by atoms with Crippen LogP contribution in [-0.2, 0) is 4.79 Å². The van der Waals surface area contributed by atoms with Gasteiger partial charge < -0.3 is 4.90 Å². The molecule has 1 heterocycles. The number of halogens is 3. The lowest BCUT2D eigenvalue weighted by atomic mass is 10.1. The predicted octanol–water partition coefficient (Wildman–Crippen LogP) is 3.75. The highest BCUT2D eigenvalue weighted by Gasteiger charge is 2.40. The lowest BCUT2D eigenvalue weighted by molar-refractivity contribution is -0.164. The van der Waals surface area contributed by atoms with E-state index in [1.165, 1.54) is 13.0 Å². The fourth-order valence-corrected chi connectivity index (χ4v) is 3.72. The Bertz CT molecular complexity index is 785. The van der Waals surface area contributed by atoms with Gasteiger partial charge in [0.15, 0.2) is 5.78 Å². The Hall–Kier alpha value is -2.08. The number of nitrogens with zero attached hydrogens (tertiary/aromatic N) is 3. The van der Waals surface area contributed by atoms with Gasteiger partial charge in [-0.3, -0.25) is 9.59 Å². The first-order valence-corrected chi connectivity index (χ1v) is 9.43. The fourth-order valence-electron chi connectivity index (χ4n) is 2.83. The number of thioether (sulfide) groups is 1. The molecule has 0 aromatic carbocycles. The second-order valence-electron chi connectivity index (χ2n) is 6.65. The molecule has 0 spiro atoms. The molecule has 0 saturated heterocycles. The molecule has 1 unspecified atom stereocenters. The summed E-state index contributed by atoms with van der Waals surface area (Å²) < 4.78 is 38.6. The van der Waals surface area contributed by atoms with Gasteiger partial charge in [-0.2, -0.15) is 18.4 Å². The topological polar surface area (TPSA) is 74.1 Å². The van der Waals surface area contributed by atoms with Gasteiger partial charge in [-0.1, -0.05) is 11.8 Å². The summed E-state index contributed by atoms with van der Waals surface area (Å²) in [6, 6.07) is 2.84. The summed E-state index contributed by atoms with van der Waals surface area (Å²) in [5.74, 6) is -1.03. The second-order valence-corrected chi connectivity index (χ2v) is 7.61. The van der Waals surface area contributed by atoms with E-state index in [1.807, 2.05) is 6.07 Å². The largest absolute Gasteiger partial charge is 0.406 e. The number of rotatable bonds is 7. The van der Waals surface area contributed by atoms with E-state index in [9.17, 15) is 28.0 Å². The molecule has 1 amide bonds. The summed E-state index contributed by atoms with van der Waals surface area (Å²) >= 11 is 0.915. The standard InChI is InChI=1S/C18H20F3N3O2S/c1-10-15(12(3)25)6-14(7-22)17(23-10)27-8-16(26)24(9-18(19,20)21)11(2)13-4-5-13/h6,11,13H,4-5,8-9H2,1-3H3. The van der Waals surface area contributed by atoms with Crippen LogP contribution in [0.3, 0.4) is 0 Å². The van der Waals surface area contributed by atoms with Crippen molar-refractivity contribution in [2.24, 2.45) is 5.92 Å². The number of carbonyl (C=O) groups excluding carboxylic acids is 2. The van der Waals surface area contributed by atoms with Crippen LogP contribution in [0.1, 0.15) is 48.3 Å². The number of ketones is 1. The molecule has 1 aliphatic rings. The summed E-state index contributed by atoms with van der Waals surface area (Å²) in [6.07, 6.45) is -2.83. The monoisotopic (exact) mass is 399 g/mol. The maximum atomic E-state index is 12.9. The van der Waals surface area contributed by atoms with Crippen LogP contribution < -0.4 is 0 Å². The van der Waals surface area contributed by atoms with Crippen molar-refractivity contribution in [2.45, 2.75) is 50.9 Å². The number of hydrogen-bond acceptors (Lipinski definition) is 5. The zero-order valence-corrected chi connectivity index (χ0v) is 16.1. The zero-order chi connectivity index (χ0) is 20.4. The number of hydrogen-bond donors (Lipinski definition) is 0. The minimum absolute atomic E-state index is 0.103. The van der Waals surface area contributed by atoms with Crippen LogP contribution in [-0.4, -0.2) is 46.1 Å². The summed E-state index contributed by atoms with van der Waals surface area (Å²) in [6.45, 7) is 3.31. The molecule has 1 aromatic heterocycles. The summed E-state index contributed by atoms with van der Waals surface area (Å²) in [5.41, 5.74) is 0.847. The van der Waals surface area contributed by atoms with Gasteiger partial charge >= 0.3 is 6.18 Å². The molecule has 5 nitrogen and oxygen atoms in total. The number of nitriles is 1. The molecule has 1 aromatic rings. The first-order valence-electron chi connectivity index (χ1n) is 8.45. The Morgan fingerprint density at radius 1 is 1.44 bits per heavy atom. The van der Waals surface area contributed by atoms with Crippen molar-refractivity contribution < 1.29 is 22.8 Å². The third-order valence-electron chi connectivity index (χ3n) is 4.48. The van der Waals surface area contributed by atoms with Gasteiger partial charge in [-0.25, -0.2) is 4.98 Å². The van der Waals surface area contributed by atoms with Crippen LogP contribution in [0.4, 0.5) is 13.2 Å². The maximum Gasteiger partial charge on any atom is 0.406 e. The molecule has 0 bridgehead atoms. The highest BCUT2D eigenvalue weighted by atomic mass is 32.2. The van der Waals surface area contributed by atoms with Gasteiger partial charge in [0.1, 0.15) is 17.6 Å². The van der Waals surface area contributed by atoms with Crippen molar-refractivity contribution >= 4 is 23.5 Å².